The smallest absolute Gasteiger partial charge is 0.408 e. The SMILES string of the molecule is CC(C)(C)OC(=O)N[C@H](c1ccccc1F)c1c[nH]c2ccccc12. The molecule has 0 saturated carbocycles. The second-order valence-corrected chi connectivity index (χ2v) is 6.89. The van der Waals surface area contributed by atoms with Crippen molar-refractivity contribution in [2.75, 3.05) is 0 Å². The van der Waals surface area contributed by atoms with Gasteiger partial charge in [0.25, 0.3) is 0 Å². The molecule has 130 valence electrons. The van der Waals surface area contributed by atoms with Crippen LogP contribution in [0.5, 0.6) is 0 Å². The summed E-state index contributed by atoms with van der Waals surface area (Å²) < 4.78 is 19.8. The molecule has 3 rings (SSSR count). The van der Waals surface area contributed by atoms with E-state index in [4.69, 9.17) is 4.74 Å². The maximum atomic E-state index is 14.4. The average Bonchev–Trinajstić information content (AvgIpc) is 2.95. The second kappa shape index (κ2) is 6.59. The maximum absolute atomic E-state index is 14.4. The summed E-state index contributed by atoms with van der Waals surface area (Å²) in [4.78, 5) is 15.5. The Morgan fingerprint density at radius 3 is 2.48 bits per heavy atom. The third-order valence-corrected chi connectivity index (χ3v) is 3.81. The van der Waals surface area contributed by atoms with Crippen molar-refractivity contribution in [3.8, 4) is 0 Å². The highest BCUT2D eigenvalue weighted by atomic mass is 19.1. The first-order valence-corrected chi connectivity index (χ1v) is 8.15. The van der Waals surface area contributed by atoms with Crippen LogP contribution in [0.25, 0.3) is 10.9 Å². The van der Waals surface area contributed by atoms with E-state index in [1.807, 2.05) is 24.3 Å². The molecular weight excluding hydrogens is 319 g/mol. The molecule has 2 N–H and O–H groups in total. The van der Waals surface area contributed by atoms with E-state index in [0.717, 1.165) is 16.5 Å². The summed E-state index contributed by atoms with van der Waals surface area (Å²) in [6, 6.07) is 13.5. The van der Waals surface area contributed by atoms with Gasteiger partial charge in [0.05, 0.1) is 6.04 Å². The van der Waals surface area contributed by atoms with Crippen LogP contribution in [-0.4, -0.2) is 16.7 Å². The van der Waals surface area contributed by atoms with Crippen LogP contribution in [0.3, 0.4) is 0 Å². The number of amides is 1. The Bertz CT molecular complexity index is 896. The van der Waals surface area contributed by atoms with Crippen molar-refractivity contribution in [3.63, 3.8) is 0 Å². The summed E-state index contributed by atoms with van der Waals surface area (Å²) in [5.41, 5.74) is 1.46. The lowest BCUT2D eigenvalue weighted by atomic mass is 9.98. The number of rotatable bonds is 3. The van der Waals surface area contributed by atoms with Crippen LogP contribution >= 0.6 is 0 Å². The summed E-state index contributed by atoms with van der Waals surface area (Å²) in [5, 5.41) is 3.73. The Hall–Kier alpha value is -2.82. The Balaban J connectivity index is 2.04. The summed E-state index contributed by atoms with van der Waals surface area (Å²) in [6.07, 6.45) is 1.20. The van der Waals surface area contributed by atoms with Crippen molar-refractivity contribution in [2.24, 2.45) is 0 Å². The van der Waals surface area contributed by atoms with Crippen LogP contribution in [-0.2, 0) is 4.74 Å². The van der Waals surface area contributed by atoms with Gasteiger partial charge >= 0.3 is 6.09 Å². The molecule has 0 radical (unpaired) electrons. The highest BCUT2D eigenvalue weighted by Gasteiger charge is 2.25. The van der Waals surface area contributed by atoms with Crippen LogP contribution in [0.1, 0.15) is 37.9 Å². The van der Waals surface area contributed by atoms with Crippen molar-refractivity contribution in [1.29, 1.82) is 0 Å². The number of carbonyl (C=O) groups excluding carboxylic acids is 1. The molecule has 0 aliphatic carbocycles. The topological polar surface area (TPSA) is 54.1 Å². The maximum Gasteiger partial charge on any atom is 0.408 e. The lowest BCUT2D eigenvalue weighted by molar-refractivity contribution is 0.0512. The van der Waals surface area contributed by atoms with E-state index >= 15 is 0 Å². The van der Waals surface area contributed by atoms with E-state index < -0.39 is 17.7 Å². The molecule has 0 spiro atoms. The predicted molar refractivity (Wildman–Crippen MR) is 95.9 cm³/mol. The lowest BCUT2D eigenvalue weighted by Crippen LogP contribution is -2.35. The molecule has 1 aromatic heterocycles. The molecule has 2 aromatic carbocycles. The van der Waals surface area contributed by atoms with E-state index in [9.17, 15) is 9.18 Å². The number of hydrogen-bond donors (Lipinski definition) is 2. The number of hydrogen-bond acceptors (Lipinski definition) is 2. The van der Waals surface area contributed by atoms with Gasteiger partial charge in [0.15, 0.2) is 0 Å². The standard InChI is InChI=1S/C20H21FN2O2/c1-20(2,3)25-19(24)23-18(14-9-4-6-10-16(14)21)15-12-22-17-11-7-5-8-13(15)17/h4-12,18,22H,1-3H3,(H,23,24)/t18-/m1/s1. The van der Waals surface area contributed by atoms with Gasteiger partial charge in [-0.2, -0.15) is 0 Å². The minimum atomic E-state index is -0.660. The molecule has 1 amide bonds. The van der Waals surface area contributed by atoms with E-state index in [0.29, 0.717) is 5.56 Å². The number of ether oxygens (including phenoxy) is 1. The minimum Gasteiger partial charge on any atom is -0.444 e. The zero-order chi connectivity index (χ0) is 18.0. The van der Waals surface area contributed by atoms with Crippen molar-refractivity contribution < 1.29 is 13.9 Å². The van der Waals surface area contributed by atoms with Gasteiger partial charge in [0.1, 0.15) is 11.4 Å². The molecule has 5 heteroatoms. The minimum absolute atomic E-state index is 0.381. The van der Waals surface area contributed by atoms with E-state index in [-0.39, 0.29) is 5.82 Å². The van der Waals surface area contributed by atoms with E-state index in [1.165, 1.54) is 6.07 Å². The molecule has 0 fully saturated rings. The number of halogens is 1. The molecule has 3 aromatic rings. The summed E-state index contributed by atoms with van der Waals surface area (Å²) in [7, 11) is 0. The quantitative estimate of drug-likeness (QED) is 0.711. The summed E-state index contributed by atoms with van der Waals surface area (Å²) in [6.45, 7) is 5.36. The fourth-order valence-corrected chi connectivity index (χ4v) is 2.79. The first-order chi connectivity index (χ1) is 11.8. The molecular formula is C20H21FN2O2. The number of para-hydroxylation sites is 1. The van der Waals surface area contributed by atoms with Crippen LogP contribution in [0.4, 0.5) is 9.18 Å². The highest BCUT2D eigenvalue weighted by Crippen LogP contribution is 2.30. The van der Waals surface area contributed by atoms with Crippen LogP contribution < -0.4 is 5.32 Å². The second-order valence-electron chi connectivity index (χ2n) is 6.89. The molecule has 1 heterocycles. The number of aromatic amines is 1. The Labute approximate surface area is 146 Å². The monoisotopic (exact) mass is 340 g/mol. The largest absolute Gasteiger partial charge is 0.444 e. The number of carbonyl (C=O) groups is 1. The normalized spacial score (nSPS) is 12.8. The predicted octanol–water partition coefficient (Wildman–Crippen LogP) is 4.92. The number of nitrogens with one attached hydrogen (secondary N) is 2. The van der Waals surface area contributed by atoms with E-state index in [2.05, 4.69) is 10.3 Å². The van der Waals surface area contributed by atoms with E-state index in [1.54, 1.807) is 45.2 Å². The number of benzene rings is 2. The van der Waals surface area contributed by atoms with Gasteiger partial charge in [0.2, 0.25) is 0 Å². The third kappa shape index (κ3) is 3.82. The van der Waals surface area contributed by atoms with Gasteiger partial charge in [-0.25, -0.2) is 9.18 Å². The number of H-pyrrole nitrogens is 1. The summed E-state index contributed by atoms with van der Waals surface area (Å²) >= 11 is 0. The molecule has 25 heavy (non-hydrogen) atoms. The van der Waals surface area contributed by atoms with Gasteiger partial charge in [-0.3, -0.25) is 0 Å². The van der Waals surface area contributed by atoms with Gasteiger partial charge in [-0.1, -0.05) is 36.4 Å². The molecule has 0 aliphatic rings. The fraction of sp³-hybridized carbons (Fsp3) is 0.250. The summed E-state index contributed by atoms with van der Waals surface area (Å²) in [5.74, 6) is -0.381. The first kappa shape index (κ1) is 17.0. The number of fused-ring (bicyclic) bond motifs is 1. The van der Waals surface area contributed by atoms with Gasteiger partial charge < -0.3 is 15.0 Å². The Morgan fingerprint density at radius 2 is 1.76 bits per heavy atom. The number of alkyl carbamates (subject to hydrolysis) is 1. The van der Waals surface area contributed by atoms with Crippen molar-refractivity contribution >= 4 is 17.0 Å². The average molecular weight is 340 g/mol. The van der Waals surface area contributed by atoms with Gasteiger partial charge in [0, 0.05) is 28.2 Å². The van der Waals surface area contributed by atoms with Gasteiger partial charge in [-0.15, -0.1) is 0 Å². The van der Waals surface area contributed by atoms with Crippen molar-refractivity contribution in [1.82, 2.24) is 10.3 Å². The molecule has 1 atom stereocenters. The zero-order valence-corrected chi connectivity index (χ0v) is 14.5. The van der Waals surface area contributed by atoms with Crippen LogP contribution in [0.2, 0.25) is 0 Å². The Kier molecular flexibility index (Phi) is 4.49. The lowest BCUT2D eigenvalue weighted by Gasteiger charge is -2.24. The molecule has 0 bridgehead atoms. The van der Waals surface area contributed by atoms with Crippen LogP contribution in [0, 0.1) is 5.82 Å². The zero-order valence-electron chi connectivity index (χ0n) is 14.5. The third-order valence-electron chi connectivity index (χ3n) is 3.81. The van der Waals surface area contributed by atoms with Crippen LogP contribution in [0.15, 0.2) is 54.7 Å². The fourth-order valence-electron chi connectivity index (χ4n) is 2.79. The Morgan fingerprint density at radius 1 is 1.08 bits per heavy atom. The first-order valence-electron chi connectivity index (χ1n) is 8.15. The molecule has 0 saturated heterocycles. The van der Waals surface area contributed by atoms with Crippen molar-refractivity contribution in [3.05, 3.63) is 71.7 Å². The molecule has 0 unspecified atom stereocenters. The molecule has 4 nitrogen and oxygen atoms in total. The van der Waals surface area contributed by atoms with Gasteiger partial charge in [-0.05, 0) is 32.9 Å². The number of aromatic nitrogens is 1. The molecule has 0 aliphatic heterocycles. The van der Waals surface area contributed by atoms with Crippen molar-refractivity contribution in [2.45, 2.75) is 32.4 Å². The highest BCUT2D eigenvalue weighted by molar-refractivity contribution is 5.84.